The number of rotatable bonds is 5. The van der Waals surface area contributed by atoms with Crippen LogP contribution in [0.1, 0.15) is 12.5 Å². The van der Waals surface area contributed by atoms with Gasteiger partial charge in [-0.05, 0) is 29.8 Å². The summed E-state index contributed by atoms with van der Waals surface area (Å²) in [4.78, 5) is 24.7. The molecule has 0 fully saturated rings. The van der Waals surface area contributed by atoms with Gasteiger partial charge in [0.15, 0.2) is 0 Å². The third-order valence-electron chi connectivity index (χ3n) is 4.47. The Hall–Kier alpha value is -3.61. The van der Waals surface area contributed by atoms with Gasteiger partial charge in [-0.25, -0.2) is 4.68 Å². The third kappa shape index (κ3) is 3.27. The molecule has 2 N–H and O–H groups in total. The lowest BCUT2D eigenvalue weighted by Gasteiger charge is -2.09. The molecule has 27 heavy (non-hydrogen) atoms. The summed E-state index contributed by atoms with van der Waals surface area (Å²) in [6, 6.07) is 16.0. The molecule has 4 rings (SSSR count). The minimum Gasteiger partial charge on any atom is -0.497 e. The van der Waals surface area contributed by atoms with E-state index in [1.807, 2.05) is 42.5 Å². The lowest BCUT2D eigenvalue weighted by atomic mass is 10.1. The fourth-order valence-electron chi connectivity index (χ4n) is 3.10. The molecule has 7 heteroatoms. The molecule has 3 aromatic rings. The Morgan fingerprint density at radius 2 is 1.93 bits per heavy atom. The number of carbonyl (C=O) groups is 2. The van der Waals surface area contributed by atoms with Crippen molar-refractivity contribution in [1.29, 1.82) is 0 Å². The summed E-state index contributed by atoms with van der Waals surface area (Å²) in [7, 11) is 1.61. The fourth-order valence-corrected chi connectivity index (χ4v) is 3.10. The molecule has 7 nitrogen and oxygen atoms in total. The van der Waals surface area contributed by atoms with Gasteiger partial charge >= 0.3 is 0 Å². The molecular weight excluding hydrogens is 344 g/mol. The molecule has 1 aromatic heterocycles. The lowest BCUT2D eigenvalue weighted by molar-refractivity contribution is -0.123. The van der Waals surface area contributed by atoms with E-state index in [4.69, 9.17) is 4.74 Å². The van der Waals surface area contributed by atoms with Gasteiger partial charge in [0, 0.05) is 11.3 Å². The Bertz CT molecular complexity index is 980. The van der Waals surface area contributed by atoms with E-state index in [-0.39, 0.29) is 18.2 Å². The minimum atomic E-state index is -0.671. The molecule has 1 unspecified atom stereocenters. The average Bonchev–Trinajstić information content (AvgIpc) is 3.22. The minimum absolute atomic E-state index is 0.0114. The van der Waals surface area contributed by atoms with Crippen molar-refractivity contribution in [2.75, 3.05) is 17.7 Å². The molecule has 1 aliphatic rings. The maximum absolute atomic E-state index is 12.4. The number of hydrogen-bond donors (Lipinski definition) is 2. The van der Waals surface area contributed by atoms with Crippen LogP contribution in [0, 0.1) is 0 Å². The standard InChI is InChI=1S/C20H18N4O3/c1-27-15-9-7-13(8-10-15)16-12-21-24-17(20(26)23-19(16)24)11-18(25)22-14-5-3-2-4-6-14/h2-10,12,17H,11H2,1H3,(H,22,25)(H,23,26). The van der Waals surface area contributed by atoms with E-state index >= 15 is 0 Å². The SMILES string of the molecule is COc1ccc(-c2cnn3c2NC(=O)C3CC(=O)Nc2ccccc2)cc1. The number of nitrogens with one attached hydrogen (secondary N) is 2. The summed E-state index contributed by atoms with van der Waals surface area (Å²) in [5, 5.41) is 9.97. The molecule has 2 amide bonds. The summed E-state index contributed by atoms with van der Waals surface area (Å²) in [6.45, 7) is 0. The molecule has 2 heterocycles. The second kappa shape index (κ2) is 6.95. The average molecular weight is 362 g/mol. The Morgan fingerprint density at radius 1 is 1.19 bits per heavy atom. The highest BCUT2D eigenvalue weighted by Gasteiger charge is 2.35. The number of nitrogens with zero attached hydrogens (tertiary/aromatic N) is 2. The Morgan fingerprint density at radius 3 is 2.63 bits per heavy atom. The number of hydrogen-bond acceptors (Lipinski definition) is 4. The molecule has 0 saturated heterocycles. The van der Waals surface area contributed by atoms with Gasteiger partial charge in [0.25, 0.3) is 5.91 Å². The molecule has 136 valence electrons. The second-order valence-electron chi connectivity index (χ2n) is 6.20. The van der Waals surface area contributed by atoms with Gasteiger partial charge < -0.3 is 15.4 Å². The maximum Gasteiger partial charge on any atom is 0.251 e. The van der Waals surface area contributed by atoms with Crippen molar-refractivity contribution in [2.45, 2.75) is 12.5 Å². The number of para-hydroxylation sites is 1. The largest absolute Gasteiger partial charge is 0.497 e. The van der Waals surface area contributed by atoms with Crippen LogP contribution in [0.2, 0.25) is 0 Å². The van der Waals surface area contributed by atoms with Gasteiger partial charge in [-0.2, -0.15) is 5.10 Å². The molecule has 0 radical (unpaired) electrons. The van der Waals surface area contributed by atoms with Crippen LogP contribution in [0.15, 0.2) is 60.8 Å². The summed E-state index contributed by atoms with van der Waals surface area (Å²) < 4.78 is 6.75. The summed E-state index contributed by atoms with van der Waals surface area (Å²) in [5.74, 6) is 0.872. The zero-order valence-corrected chi connectivity index (χ0v) is 14.7. The van der Waals surface area contributed by atoms with Crippen molar-refractivity contribution in [1.82, 2.24) is 9.78 Å². The van der Waals surface area contributed by atoms with E-state index in [1.165, 1.54) is 0 Å². The number of fused-ring (bicyclic) bond motifs is 1. The number of benzene rings is 2. The molecule has 0 bridgehead atoms. The predicted octanol–water partition coefficient (Wildman–Crippen LogP) is 3.08. The van der Waals surface area contributed by atoms with E-state index in [0.29, 0.717) is 11.5 Å². The van der Waals surface area contributed by atoms with Gasteiger partial charge in [0.2, 0.25) is 5.91 Å². The zero-order valence-electron chi connectivity index (χ0n) is 14.7. The van der Waals surface area contributed by atoms with Crippen molar-refractivity contribution in [3.8, 4) is 16.9 Å². The van der Waals surface area contributed by atoms with Crippen LogP contribution in [0.4, 0.5) is 11.5 Å². The van der Waals surface area contributed by atoms with Gasteiger partial charge in [0.05, 0.1) is 19.7 Å². The smallest absolute Gasteiger partial charge is 0.251 e. The van der Waals surface area contributed by atoms with Crippen molar-refractivity contribution in [2.24, 2.45) is 0 Å². The second-order valence-corrected chi connectivity index (χ2v) is 6.20. The number of carbonyl (C=O) groups excluding carboxylic acids is 2. The van der Waals surface area contributed by atoms with Gasteiger partial charge in [-0.1, -0.05) is 30.3 Å². The summed E-state index contributed by atoms with van der Waals surface area (Å²) in [5.41, 5.74) is 2.41. The molecular formula is C20H18N4O3. The number of anilines is 2. The molecule has 1 atom stereocenters. The predicted molar refractivity (Wildman–Crippen MR) is 102 cm³/mol. The van der Waals surface area contributed by atoms with Crippen LogP contribution in [-0.2, 0) is 9.59 Å². The van der Waals surface area contributed by atoms with Crippen molar-refractivity contribution in [3.63, 3.8) is 0 Å². The topological polar surface area (TPSA) is 85.2 Å². The number of ether oxygens (including phenoxy) is 1. The van der Waals surface area contributed by atoms with Crippen molar-refractivity contribution < 1.29 is 14.3 Å². The highest BCUT2D eigenvalue weighted by Crippen LogP contribution is 2.36. The monoisotopic (exact) mass is 362 g/mol. The highest BCUT2D eigenvalue weighted by atomic mass is 16.5. The molecule has 0 spiro atoms. The summed E-state index contributed by atoms with van der Waals surface area (Å²) in [6.07, 6.45) is 1.70. The van der Waals surface area contributed by atoms with Crippen LogP contribution in [0.25, 0.3) is 11.1 Å². The summed E-state index contributed by atoms with van der Waals surface area (Å²) >= 11 is 0. The number of methoxy groups -OCH3 is 1. The van der Waals surface area contributed by atoms with E-state index in [0.717, 1.165) is 16.9 Å². The van der Waals surface area contributed by atoms with Crippen LogP contribution in [0.5, 0.6) is 5.75 Å². The quantitative estimate of drug-likeness (QED) is 0.730. The normalized spacial score (nSPS) is 15.1. The zero-order chi connectivity index (χ0) is 18.8. The highest BCUT2D eigenvalue weighted by molar-refractivity contribution is 6.04. The van der Waals surface area contributed by atoms with E-state index in [2.05, 4.69) is 15.7 Å². The van der Waals surface area contributed by atoms with Gasteiger partial charge in [-0.15, -0.1) is 0 Å². The first-order valence-electron chi connectivity index (χ1n) is 8.53. The van der Waals surface area contributed by atoms with Crippen molar-refractivity contribution in [3.05, 3.63) is 60.8 Å². The molecule has 0 saturated carbocycles. The van der Waals surface area contributed by atoms with Crippen LogP contribution in [-0.4, -0.2) is 28.7 Å². The first-order chi connectivity index (χ1) is 13.2. The van der Waals surface area contributed by atoms with Crippen molar-refractivity contribution >= 4 is 23.3 Å². The molecule has 1 aliphatic heterocycles. The van der Waals surface area contributed by atoms with E-state index in [1.54, 1.807) is 30.1 Å². The van der Waals surface area contributed by atoms with Gasteiger partial charge in [-0.3, -0.25) is 9.59 Å². The Kier molecular flexibility index (Phi) is 4.33. The molecule has 2 aromatic carbocycles. The van der Waals surface area contributed by atoms with Crippen LogP contribution < -0.4 is 15.4 Å². The van der Waals surface area contributed by atoms with Crippen LogP contribution >= 0.6 is 0 Å². The number of amides is 2. The maximum atomic E-state index is 12.4. The van der Waals surface area contributed by atoms with E-state index in [9.17, 15) is 9.59 Å². The third-order valence-corrected chi connectivity index (χ3v) is 4.47. The number of aromatic nitrogens is 2. The van der Waals surface area contributed by atoms with E-state index < -0.39 is 6.04 Å². The first-order valence-corrected chi connectivity index (χ1v) is 8.53. The van der Waals surface area contributed by atoms with Crippen LogP contribution in [0.3, 0.4) is 0 Å². The first kappa shape index (κ1) is 16.8. The lowest BCUT2D eigenvalue weighted by Crippen LogP contribution is -2.23. The van der Waals surface area contributed by atoms with Gasteiger partial charge in [0.1, 0.15) is 17.6 Å². The molecule has 0 aliphatic carbocycles. The Balaban J connectivity index is 1.53. The Labute approximate surface area is 156 Å². The fraction of sp³-hybridized carbons (Fsp3) is 0.150.